The zero-order valence-electron chi connectivity index (χ0n) is 17.4. The van der Waals surface area contributed by atoms with E-state index in [-0.39, 0.29) is 23.0 Å². The van der Waals surface area contributed by atoms with Gasteiger partial charge >= 0.3 is 5.97 Å². The number of esters is 1. The Bertz CT molecular complexity index is 1100. The molecule has 0 saturated heterocycles. The van der Waals surface area contributed by atoms with Crippen molar-refractivity contribution in [1.82, 2.24) is 4.98 Å². The molecule has 0 atom stereocenters. The van der Waals surface area contributed by atoms with Gasteiger partial charge in [0.1, 0.15) is 11.5 Å². The first-order chi connectivity index (χ1) is 15.4. The predicted octanol–water partition coefficient (Wildman–Crippen LogP) is 4.20. The lowest BCUT2D eigenvalue weighted by Gasteiger charge is -2.07. The third-order valence-electron chi connectivity index (χ3n) is 4.01. The molecular weight excluding hydrogens is 450 g/mol. The van der Waals surface area contributed by atoms with Gasteiger partial charge in [0, 0.05) is 23.7 Å². The van der Waals surface area contributed by atoms with E-state index in [1.54, 1.807) is 55.6 Å². The fourth-order valence-electron chi connectivity index (χ4n) is 2.61. The average molecular weight is 472 g/mol. The van der Waals surface area contributed by atoms with E-state index < -0.39 is 11.9 Å². The van der Waals surface area contributed by atoms with Crippen molar-refractivity contribution in [3.05, 3.63) is 65.2 Å². The number of carbonyl (C=O) groups is 3. The number of para-hydroxylation sites is 1. The molecule has 1 aromatic heterocycles. The molecule has 3 rings (SSSR count). The number of hydrogen-bond donors (Lipinski definition) is 2. The number of amides is 2. The van der Waals surface area contributed by atoms with Crippen molar-refractivity contribution in [2.24, 2.45) is 0 Å². The molecule has 8 nitrogen and oxygen atoms in total. The number of benzene rings is 2. The van der Waals surface area contributed by atoms with Crippen molar-refractivity contribution < 1.29 is 23.9 Å². The monoisotopic (exact) mass is 471 g/mol. The standard InChI is InChI=1S/C22H21N3O5S2/c1-14(26)30-19-6-4-3-5-18(19)21(28)25-22-24-16(12-32-22)11-31-13-20(27)23-15-7-9-17(29-2)10-8-15/h3-10,12H,11,13H2,1-2H3,(H,23,27)(H,24,25,28). The number of nitrogens with zero attached hydrogens (tertiary/aromatic N) is 1. The van der Waals surface area contributed by atoms with Crippen LogP contribution < -0.4 is 20.1 Å². The van der Waals surface area contributed by atoms with Crippen molar-refractivity contribution in [1.29, 1.82) is 0 Å². The highest BCUT2D eigenvalue weighted by Gasteiger charge is 2.15. The van der Waals surface area contributed by atoms with Crippen LogP contribution in [0.15, 0.2) is 53.9 Å². The Morgan fingerprint density at radius 3 is 2.53 bits per heavy atom. The summed E-state index contributed by atoms with van der Waals surface area (Å²) in [6.45, 7) is 1.27. The fraction of sp³-hybridized carbons (Fsp3) is 0.182. The van der Waals surface area contributed by atoms with E-state index in [0.717, 1.165) is 11.4 Å². The molecule has 0 saturated carbocycles. The number of carbonyl (C=O) groups excluding carboxylic acids is 3. The Hall–Kier alpha value is -3.37. The summed E-state index contributed by atoms with van der Waals surface area (Å²) in [5.41, 5.74) is 1.69. The SMILES string of the molecule is COc1ccc(NC(=O)CSCc2csc(NC(=O)c3ccccc3OC(C)=O)n2)cc1. The second kappa shape index (κ2) is 11.3. The Morgan fingerprint density at radius 2 is 1.81 bits per heavy atom. The van der Waals surface area contributed by atoms with Crippen LogP contribution in [0.4, 0.5) is 10.8 Å². The third kappa shape index (κ3) is 6.82. The van der Waals surface area contributed by atoms with Crippen LogP contribution in [-0.4, -0.2) is 35.6 Å². The first-order valence-corrected chi connectivity index (χ1v) is 11.5. The van der Waals surface area contributed by atoms with E-state index in [2.05, 4.69) is 15.6 Å². The normalized spacial score (nSPS) is 10.3. The van der Waals surface area contributed by atoms with E-state index >= 15 is 0 Å². The largest absolute Gasteiger partial charge is 0.497 e. The second-order valence-electron chi connectivity index (χ2n) is 6.46. The smallest absolute Gasteiger partial charge is 0.308 e. The number of methoxy groups -OCH3 is 1. The molecule has 10 heteroatoms. The second-order valence-corrected chi connectivity index (χ2v) is 8.30. The van der Waals surface area contributed by atoms with Crippen LogP contribution in [0.5, 0.6) is 11.5 Å². The Kier molecular flexibility index (Phi) is 8.23. The predicted molar refractivity (Wildman–Crippen MR) is 126 cm³/mol. The van der Waals surface area contributed by atoms with Crippen molar-refractivity contribution in [2.45, 2.75) is 12.7 Å². The summed E-state index contributed by atoms with van der Waals surface area (Å²) in [5, 5.41) is 7.78. The minimum Gasteiger partial charge on any atom is -0.497 e. The number of thioether (sulfide) groups is 1. The Balaban J connectivity index is 1.48. The van der Waals surface area contributed by atoms with E-state index in [1.165, 1.54) is 30.0 Å². The third-order valence-corrected chi connectivity index (χ3v) is 5.79. The molecule has 0 spiro atoms. The van der Waals surface area contributed by atoms with E-state index in [9.17, 15) is 14.4 Å². The van der Waals surface area contributed by atoms with Crippen LogP contribution in [-0.2, 0) is 15.3 Å². The van der Waals surface area contributed by atoms with Gasteiger partial charge in [-0.15, -0.1) is 23.1 Å². The van der Waals surface area contributed by atoms with Gasteiger partial charge in [0.15, 0.2) is 5.13 Å². The van der Waals surface area contributed by atoms with Gasteiger partial charge in [-0.25, -0.2) is 4.98 Å². The van der Waals surface area contributed by atoms with Gasteiger partial charge in [-0.05, 0) is 36.4 Å². The molecule has 0 unspecified atom stereocenters. The lowest BCUT2D eigenvalue weighted by molar-refractivity contribution is -0.131. The van der Waals surface area contributed by atoms with E-state index in [0.29, 0.717) is 16.6 Å². The minimum absolute atomic E-state index is 0.119. The molecule has 2 aromatic carbocycles. The number of hydrogen-bond acceptors (Lipinski definition) is 8. The molecule has 2 N–H and O–H groups in total. The zero-order valence-corrected chi connectivity index (χ0v) is 19.0. The van der Waals surface area contributed by atoms with Gasteiger partial charge in [0.2, 0.25) is 5.91 Å². The first kappa shape index (κ1) is 23.3. The average Bonchev–Trinajstić information content (AvgIpc) is 3.21. The van der Waals surface area contributed by atoms with Gasteiger partial charge < -0.3 is 14.8 Å². The molecule has 0 aliphatic carbocycles. The highest BCUT2D eigenvalue weighted by Crippen LogP contribution is 2.23. The van der Waals surface area contributed by atoms with Crippen molar-refractivity contribution in [3.8, 4) is 11.5 Å². The number of thiazole rings is 1. The number of aromatic nitrogens is 1. The molecule has 166 valence electrons. The Labute approximate surface area is 193 Å². The maximum atomic E-state index is 12.5. The summed E-state index contributed by atoms with van der Waals surface area (Å²) in [5.74, 6) is 0.648. The summed E-state index contributed by atoms with van der Waals surface area (Å²) in [6, 6.07) is 13.6. The van der Waals surface area contributed by atoms with Crippen LogP contribution in [0.1, 0.15) is 23.0 Å². The molecule has 2 amide bonds. The van der Waals surface area contributed by atoms with Gasteiger partial charge in [-0.1, -0.05) is 12.1 Å². The maximum absolute atomic E-state index is 12.5. The van der Waals surface area contributed by atoms with Gasteiger partial charge in [0.25, 0.3) is 5.91 Å². The molecule has 0 fully saturated rings. The minimum atomic E-state index is -0.505. The highest BCUT2D eigenvalue weighted by molar-refractivity contribution is 7.99. The van der Waals surface area contributed by atoms with Crippen molar-refractivity contribution in [2.75, 3.05) is 23.5 Å². The topological polar surface area (TPSA) is 107 Å². The van der Waals surface area contributed by atoms with Gasteiger partial charge in [-0.2, -0.15) is 0 Å². The lowest BCUT2D eigenvalue weighted by atomic mass is 10.2. The Morgan fingerprint density at radius 1 is 1.06 bits per heavy atom. The lowest BCUT2D eigenvalue weighted by Crippen LogP contribution is -2.15. The van der Waals surface area contributed by atoms with Crippen LogP contribution in [0.25, 0.3) is 0 Å². The summed E-state index contributed by atoms with van der Waals surface area (Å²) in [4.78, 5) is 40.2. The molecule has 32 heavy (non-hydrogen) atoms. The molecule has 0 aliphatic heterocycles. The fourth-order valence-corrected chi connectivity index (χ4v) is 4.14. The van der Waals surface area contributed by atoms with Crippen molar-refractivity contribution >= 4 is 51.7 Å². The molecule has 0 bridgehead atoms. The van der Waals surface area contributed by atoms with Crippen molar-refractivity contribution in [3.63, 3.8) is 0 Å². The molecule has 0 radical (unpaired) electrons. The summed E-state index contributed by atoms with van der Waals surface area (Å²) < 4.78 is 10.2. The zero-order chi connectivity index (χ0) is 22.9. The van der Waals surface area contributed by atoms with Crippen LogP contribution in [0.3, 0.4) is 0 Å². The van der Waals surface area contributed by atoms with E-state index in [4.69, 9.17) is 9.47 Å². The maximum Gasteiger partial charge on any atom is 0.308 e. The summed E-state index contributed by atoms with van der Waals surface area (Å²) in [6.07, 6.45) is 0. The summed E-state index contributed by atoms with van der Waals surface area (Å²) in [7, 11) is 1.58. The number of nitrogens with one attached hydrogen (secondary N) is 2. The van der Waals surface area contributed by atoms with E-state index in [1.807, 2.05) is 5.38 Å². The van der Waals surface area contributed by atoms with Gasteiger partial charge in [-0.3, -0.25) is 19.7 Å². The number of anilines is 2. The van der Waals surface area contributed by atoms with Gasteiger partial charge in [0.05, 0.1) is 24.1 Å². The van der Waals surface area contributed by atoms with Crippen LogP contribution in [0.2, 0.25) is 0 Å². The van der Waals surface area contributed by atoms with Crippen LogP contribution >= 0.6 is 23.1 Å². The molecule has 3 aromatic rings. The number of ether oxygens (including phenoxy) is 2. The molecular formula is C22H21N3O5S2. The molecule has 1 heterocycles. The molecule has 0 aliphatic rings. The number of rotatable bonds is 9. The first-order valence-electron chi connectivity index (χ1n) is 9.49. The highest BCUT2D eigenvalue weighted by atomic mass is 32.2. The van der Waals surface area contributed by atoms with Crippen LogP contribution in [0, 0.1) is 0 Å². The summed E-state index contributed by atoms with van der Waals surface area (Å²) >= 11 is 2.70. The quantitative estimate of drug-likeness (QED) is 0.356.